The van der Waals surface area contributed by atoms with Crippen molar-refractivity contribution in [3.63, 3.8) is 0 Å². The van der Waals surface area contributed by atoms with E-state index in [0.29, 0.717) is 19.0 Å². The van der Waals surface area contributed by atoms with Crippen molar-refractivity contribution in [3.05, 3.63) is 121 Å². The Morgan fingerprint density at radius 3 is 1.78 bits per heavy atom. The van der Waals surface area contributed by atoms with Gasteiger partial charge in [0.2, 0.25) is 5.90 Å². The van der Waals surface area contributed by atoms with Gasteiger partial charge in [-0.1, -0.05) is 109 Å². The van der Waals surface area contributed by atoms with Crippen molar-refractivity contribution in [2.45, 2.75) is 0 Å². The molecule has 0 spiro atoms. The molecule has 156 valence electrons. The SMILES string of the molecule is C(=C(Nc1c(-c2ccccc2)cccc1-c1ccccc1)c1ccccc1)C1=NCCO1. The summed E-state index contributed by atoms with van der Waals surface area (Å²) in [6.45, 7) is 1.33. The van der Waals surface area contributed by atoms with Crippen LogP contribution in [0.5, 0.6) is 0 Å². The average Bonchev–Trinajstić information content (AvgIpc) is 3.38. The summed E-state index contributed by atoms with van der Waals surface area (Å²) >= 11 is 0. The average molecular weight is 417 g/mol. The van der Waals surface area contributed by atoms with Crippen molar-refractivity contribution >= 4 is 17.3 Å². The number of nitrogens with zero attached hydrogens (tertiary/aromatic N) is 1. The third-order valence-electron chi connectivity index (χ3n) is 5.46. The van der Waals surface area contributed by atoms with Crippen LogP contribution >= 0.6 is 0 Å². The first-order chi connectivity index (χ1) is 15.9. The Morgan fingerprint density at radius 2 is 1.25 bits per heavy atom. The molecule has 1 N–H and O–H groups in total. The molecule has 3 nitrogen and oxygen atoms in total. The fraction of sp³-hybridized carbons (Fsp3) is 0.0690. The molecule has 4 aromatic rings. The van der Waals surface area contributed by atoms with Crippen LogP contribution in [0, 0.1) is 0 Å². The normalized spacial score (nSPS) is 13.4. The third-order valence-corrected chi connectivity index (χ3v) is 5.46. The van der Waals surface area contributed by atoms with Crippen LogP contribution in [0.15, 0.2) is 120 Å². The molecule has 3 heteroatoms. The van der Waals surface area contributed by atoms with Crippen molar-refractivity contribution in [1.82, 2.24) is 0 Å². The molecule has 0 saturated carbocycles. The smallest absolute Gasteiger partial charge is 0.210 e. The second-order valence-corrected chi connectivity index (χ2v) is 7.58. The standard InChI is InChI=1S/C29H24N2O/c1-4-11-22(12-5-1)25-17-10-18-26(23-13-6-2-7-14-23)29(25)31-27(21-28-30-19-20-32-28)24-15-8-3-9-16-24/h1-18,21,31H,19-20H2. The van der Waals surface area contributed by atoms with Crippen LogP contribution in [0.4, 0.5) is 5.69 Å². The van der Waals surface area contributed by atoms with Crippen molar-refractivity contribution in [2.24, 2.45) is 4.99 Å². The lowest BCUT2D eigenvalue weighted by atomic mass is 9.95. The molecule has 0 atom stereocenters. The maximum Gasteiger partial charge on any atom is 0.210 e. The molecular formula is C29H24N2O. The monoisotopic (exact) mass is 416 g/mol. The van der Waals surface area contributed by atoms with Gasteiger partial charge in [0.15, 0.2) is 0 Å². The van der Waals surface area contributed by atoms with Crippen molar-refractivity contribution in [1.29, 1.82) is 0 Å². The van der Waals surface area contributed by atoms with Gasteiger partial charge in [-0.2, -0.15) is 0 Å². The summed E-state index contributed by atoms with van der Waals surface area (Å²) in [5, 5.41) is 3.76. The van der Waals surface area contributed by atoms with E-state index in [4.69, 9.17) is 4.74 Å². The van der Waals surface area contributed by atoms with Gasteiger partial charge in [-0.05, 0) is 16.7 Å². The summed E-state index contributed by atoms with van der Waals surface area (Å²) in [4.78, 5) is 4.48. The van der Waals surface area contributed by atoms with Gasteiger partial charge in [0.25, 0.3) is 0 Å². The predicted octanol–water partition coefficient (Wildman–Crippen LogP) is 6.90. The number of nitrogens with one attached hydrogen (secondary N) is 1. The molecule has 0 radical (unpaired) electrons. The Balaban J connectivity index is 1.68. The van der Waals surface area contributed by atoms with Gasteiger partial charge in [0.05, 0.1) is 17.9 Å². The van der Waals surface area contributed by atoms with E-state index in [1.807, 2.05) is 36.4 Å². The van der Waals surface area contributed by atoms with E-state index in [-0.39, 0.29) is 0 Å². The molecule has 0 aromatic heterocycles. The number of aliphatic imine (C=N–C) groups is 1. The fourth-order valence-corrected chi connectivity index (χ4v) is 3.91. The lowest BCUT2D eigenvalue weighted by Gasteiger charge is -2.20. The molecule has 1 heterocycles. The van der Waals surface area contributed by atoms with Gasteiger partial charge in [-0.15, -0.1) is 0 Å². The Bertz CT molecular complexity index is 1190. The lowest BCUT2D eigenvalue weighted by molar-refractivity contribution is 0.350. The quantitative estimate of drug-likeness (QED) is 0.371. The molecule has 4 aromatic carbocycles. The molecule has 32 heavy (non-hydrogen) atoms. The maximum atomic E-state index is 5.71. The van der Waals surface area contributed by atoms with Gasteiger partial charge in [0.1, 0.15) is 6.61 Å². The number of hydrogen-bond acceptors (Lipinski definition) is 3. The van der Waals surface area contributed by atoms with Crippen LogP contribution in [0.25, 0.3) is 28.0 Å². The molecule has 0 saturated heterocycles. The van der Waals surface area contributed by atoms with E-state index in [2.05, 4.69) is 89.2 Å². The minimum Gasteiger partial charge on any atom is -0.476 e. The highest BCUT2D eigenvalue weighted by Gasteiger charge is 2.15. The summed E-state index contributed by atoms with van der Waals surface area (Å²) in [5.74, 6) is 0.662. The molecule has 0 amide bonds. The first-order valence-corrected chi connectivity index (χ1v) is 10.8. The summed E-state index contributed by atoms with van der Waals surface area (Å²) in [6.07, 6.45) is 2.00. The van der Waals surface area contributed by atoms with Crippen LogP contribution in [-0.2, 0) is 4.74 Å². The lowest BCUT2D eigenvalue weighted by Crippen LogP contribution is -2.06. The number of ether oxygens (including phenoxy) is 1. The number of benzene rings is 4. The minimum atomic E-state index is 0.629. The first kappa shape index (κ1) is 19.8. The van der Waals surface area contributed by atoms with Gasteiger partial charge in [0, 0.05) is 17.2 Å². The Kier molecular flexibility index (Phi) is 5.80. The van der Waals surface area contributed by atoms with Crippen molar-refractivity contribution in [3.8, 4) is 22.3 Å². The van der Waals surface area contributed by atoms with Crippen LogP contribution in [0.3, 0.4) is 0 Å². The fourth-order valence-electron chi connectivity index (χ4n) is 3.91. The number of para-hydroxylation sites is 1. The Labute approximate surface area is 188 Å². The zero-order chi connectivity index (χ0) is 21.6. The van der Waals surface area contributed by atoms with E-state index >= 15 is 0 Å². The molecule has 0 fully saturated rings. The van der Waals surface area contributed by atoms with Crippen LogP contribution in [0.2, 0.25) is 0 Å². The van der Waals surface area contributed by atoms with E-state index in [0.717, 1.165) is 39.2 Å². The van der Waals surface area contributed by atoms with Crippen LogP contribution in [0.1, 0.15) is 5.56 Å². The summed E-state index contributed by atoms with van der Waals surface area (Å²) in [5.41, 5.74) is 7.69. The molecule has 1 aliphatic rings. The Hall–Kier alpha value is -4.11. The van der Waals surface area contributed by atoms with Crippen LogP contribution in [-0.4, -0.2) is 19.0 Å². The zero-order valence-electron chi connectivity index (χ0n) is 17.7. The summed E-state index contributed by atoms with van der Waals surface area (Å²) in [7, 11) is 0. The van der Waals surface area contributed by atoms with E-state index in [1.54, 1.807) is 0 Å². The topological polar surface area (TPSA) is 33.6 Å². The van der Waals surface area contributed by atoms with Crippen LogP contribution < -0.4 is 5.32 Å². The molecule has 0 unspecified atom stereocenters. The van der Waals surface area contributed by atoms with E-state index in [1.165, 1.54) is 0 Å². The molecule has 1 aliphatic heterocycles. The van der Waals surface area contributed by atoms with E-state index < -0.39 is 0 Å². The summed E-state index contributed by atoms with van der Waals surface area (Å²) < 4.78 is 5.71. The largest absolute Gasteiger partial charge is 0.476 e. The molecular weight excluding hydrogens is 392 g/mol. The zero-order valence-corrected chi connectivity index (χ0v) is 17.7. The summed E-state index contributed by atoms with van der Waals surface area (Å²) in [6, 6.07) is 37.7. The van der Waals surface area contributed by atoms with Gasteiger partial charge >= 0.3 is 0 Å². The molecule has 0 aliphatic carbocycles. The van der Waals surface area contributed by atoms with E-state index in [9.17, 15) is 0 Å². The molecule has 5 rings (SSSR count). The highest BCUT2D eigenvalue weighted by Crippen LogP contribution is 2.38. The molecule has 0 bridgehead atoms. The minimum absolute atomic E-state index is 0.629. The van der Waals surface area contributed by atoms with Crippen molar-refractivity contribution in [2.75, 3.05) is 18.5 Å². The third kappa shape index (κ3) is 4.33. The van der Waals surface area contributed by atoms with Crippen molar-refractivity contribution < 1.29 is 4.74 Å². The van der Waals surface area contributed by atoms with Gasteiger partial charge in [-0.3, -0.25) is 0 Å². The predicted molar refractivity (Wildman–Crippen MR) is 134 cm³/mol. The first-order valence-electron chi connectivity index (χ1n) is 10.8. The number of rotatable bonds is 6. The highest BCUT2D eigenvalue weighted by atomic mass is 16.5. The number of anilines is 1. The Morgan fingerprint density at radius 1 is 0.688 bits per heavy atom. The maximum absolute atomic E-state index is 5.71. The van der Waals surface area contributed by atoms with Gasteiger partial charge in [-0.25, -0.2) is 4.99 Å². The number of hydrogen-bond donors (Lipinski definition) is 1. The second-order valence-electron chi connectivity index (χ2n) is 7.58. The second kappa shape index (κ2) is 9.36. The highest BCUT2D eigenvalue weighted by molar-refractivity contribution is 6.01. The van der Waals surface area contributed by atoms with Gasteiger partial charge < -0.3 is 10.1 Å².